The highest BCUT2D eigenvalue weighted by molar-refractivity contribution is 7.18. The van der Waals surface area contributed by atoms with Crippen molar-refractivity contribution in [1.82, 2.24) is 18.9 Å². The maximum atomic E-state index is 12.9. The molecule has 0 amide bonds. The molecule has 0 saturated heterocycles. The zero-order chi connectivity index (χ0) is 18.0. The van der Waals surface area contributed by atoms with E-state index in [0.29, 0.717) is 11.7 Å². The van der Waals surface area contributed by atoms with E-state index < -0.39 is 0 Å². The number of hydrogen-bond donors (Lipinski definition) is 0. The van der Waals surface area contributed by atoms with Gasteiger partial charge in [0.25, 0.3) is 5.56 Å². The molecule has 4 aromatic heterocycles. The molecule has 0 saturated carbocycles. The molecule has 0 fully saturated rings. The number of thiophene rings is 1. The van der Waals surface area contributed by atoms with E-state index in [1.165, 1.54) is 0 Å². The van der Waals surface area contributed by atoms with E-state index in [9.17, 15) is 4.79 Å². The lowest BCUT2D eigenvalue weighted by Crippen LogP contribution is -2.20. The molecule has 1 aliphatic rings. The van der Waals surface area contributed by atoms with Crippen LogP contribution in [0.25, 0.3) is 27.5 Å². The lowest BCUT2D eigenvalue weighted by molar-refractivity contribution is 0.726. The molecule has 0 atom stereocenters. The number of fused-ring (bicyclic) bond motifs is 3. The van der Waals surface area contributed by atoms with Crippen LogP contribution in [0.3, 0.4) is 0 Å². The van der Waals surface area contributed by atoms with E-state index in [2.05, 4.69) is 4.98 Å². The Hall–Kier alpha value is -2.44. The van der Waals surface area contributed by atoms with Gasteiger partial charge in [-0.2, -0.15) is 0 Å². The summed E-state index contributed by atoms with van der Waals surface area (Å²) in [5.74, 6) is 0.741. The van der Waals surface area contributed by atoms with Gasteiger partial charge in [0.2, 0.25) is 0 Å². The van der Waals surface area contributed by atoms with Gasteiger partial charge in [0.1, 0.15) is 16.3 Å². The molecule has 5 nitrogen and oxygen atoms in total. The molecule has 0 radical (unpaired) electrons. The molecule has 7 heteroatoms. The smallest absolute Gasteiger partial charge is 0.262 e. The van der Waals surface area contributed by atoms with Crippen molar-refractivity contribution < 1.29 is 0 Å². The third kappa shape index (κ3) is 2.12. The molecule has 0 bridgehead atoms. The van der Waals surface area contributed by atoms with Crippen LogP contribution in [0.4, 0.5) is 0 Å². The van der Waals surface area contributed by atoms with Crippen LogP contribution in [0.15, 0.2) is 29.2 Å². The summed E-state index contributed by atoms with van der Waals surface area (Å²) in [7, 11) is 0. The third-order valence-electron chi connectivity index (χ3n) is 5.01. The second-order valence-electron chi connectivity index (χ2n) is 6.49. The SMILES string of the molecule is Cc1sc2nc3n(c(=O)c2c1C)CC/C3=C/c1c(Cl)nc2ccccn12. The van der Waals surface area contributed by atoms with Gasteiger partial charge in [-0.15, -0.1) is 11.3 Å². The Kier molecular flexibility index (Phi) is 3.36. The van der Waals surface area contributed by atoms with Crippen LogP contribution in [0, 0.1) is 13.8 Å². The first kappa shape index (κ1) is 15.8. The Bertz CT molecular complexity index is 1290. The fourth-order valence-electron chi connectivity index (χ4n) is 3.54. The summed E-state index contributed by atoms with van der Waals surface area (Å²) < 4.78 is 3.73. The van der Waals surface area contributed by atoms with Crippen LogP contribution in [0.2, 0.25) is 5.15 Å². The highest BCUT2D eigenvalue weighted by Gasteiger charge is 2.24. The minimum Gasteiger partial charge on any atom is -0.299 e. The second kappa shape index (κ2) is 5.53. The maximum Gasteiger partial charge on any atom is 0.262 e. The van der Waals surface area contributed by atoms with Crippen LogP contribution in [-0.2, 0) is 6.54 Å². The summed E-state index contributed by atoms with van der Waals surface area (Å²) in [4.78, 5) is 24.1. The van der Waals surface area contributed by atoms with E-state index in [-0.39, 0.29) is 5.56 Å². The molecule has 0 aliphatic carbocycles. The van der Waals surface area contributed by atoms with Crippen LogP contribution in [0.1, 0.15) is 28.4 Å². The predicted molar refractivity (Wildman–Crippen MR) is 106 cm³/mol. The molecule has 5 rings (SSSR count). The Morgan fingerprint density at radius 1 is 1.27 bits per heavy atom. The topological polar surface area (TPSA) is 52.2 Å². The summed E-state index contributed by atoms with van der Waals surface area (Å²) >= 11 is 7.94. The Balaban J connectivity index is 1.75. The van der Waals surface area contributed by atoms with E-state index in [1.54, 1.807) is 15.9 Å². The summed E-state index contributed by atoms with van der Waals surface area (Å²) in [5.41, 5.74) is 3.73. The zero-order valence-corrected chi connectivity index (χ0v) is 15.9. The van der Waals surface area contributed by atoms with Crippen molar-refractivity contribution in [3.63, 3.8) is 0 Å². The van der Waals surface area contributed by atoms with E-state index in [4.69, 9.17) is 16.6 Å². The van der Waals surface area contributed by atoms with Crippen LogP contribution in [0.5, 0.6) is 0 Å². The van der Waals surface area contributed by atoms with Crippen LogP contribution >= 0.6 is 22.9 Å². The Morgan fingerprint density at radius 3 is 2.96 bits per heavy atom. The maximum absolute atomic E-state index is 12.9. The fraction of sp³-hybridized carbons (Fsp3) is 0.211. The van der Waals surface area contributed by atoms with Gasteiger partial charge in [0, 0.05) is 17.6 Å². The summed E-state index contributed by atoms with van der Waals surface area (Å²) in [5, 5.41) is 1.21. The van der Waals surface area contributed by atoms with Crippen LogP contribution in [-0.4, -0.2) is 18.9 Å². The summed E-state index contributed by atoms with van der Waals surface area (Å²) in [6.45, 7) is 4.67. The van der Waals surface area contributed by atoms with E-state index in [0.717, 1.165) is 49.8 Å². The highest BCUT2D eigenvalue weighted by Crippen LogP contribution is 2.33. The predicted octanol–water partition coefficient (Wildman–Crippen LogP) is 4.32. The van der Waals surface area contributed by atoms with E-state index >= 15 is 0 Å². The molecule has 0 unspecified atom stereocenters. The van der Waals surface area contributed by atoms with Gasteiger partial charge in [-0.05, 0) is 49.6 Å². The quantitative estimate of drug-likeness (QED) is 0.492. The number of nitrogens with zero attached hydrogens (tertiary/aromatic N) is 4. The molecule has 0 aromatic carbocycles. The van der Waals surface area contributed by atoms with Crippen molar-refractivity contribution in [2.24, 2.45) is 0 Å². The third-order valence-corrected chi connectivity index (χ3v) is 6.39. The Labute approximate surface area is 158 Å². The highest BCUT2D eigenvalue weighted by atomic mass is 35.5. The molecular weight excluding hydrogens is 368 g/mol. The van der Waals surface area contributed by atoms with Crippen LogP contribution < -0.4 is 5.56 Å². The normalized spacial score (nSPS) is 15.4. The molecular formula is C19H15ClN4OS. The summed E-state index contributed by atoms with van der Waals surface area (Å²) in [6, 6.07) is 5.79. The van der Waals surface area contributed by atoms with Gasteiger partial charge in [-0.1, -0.05) is 17.7 Å². The number of imidazole rings is 1. The summed E-state index contributed by atoms with van der Waals surface area (Å²) in [6.07, 6.45) is 4.70. The number of halogens is 1. The second-order valence-corrected chi connectivity index (χ2v) is 8.05. The van der Waals surface area contributed by atoms with Gasteiger partial charge in [0.05, 0.1) is 11.1 Å². The van der Waals surface area contributed by atoms with Gasteiger partial charge in [0.15, 0.2) is 5.15 Å². The average Bonchev–Trinajstić information content (AvgIpc) is 3.25. The first-order valence-corrected chi connectivity index (χ1v) is 9.58. The zero-order valence-electron chi connectivity index (χ0n) is 14.3. The number of allylic oxidation sites excluding steroid dienone is 1. The van der Waals surface area contributed by atoms with Gasteiger partial charge < -0.3 is 0 Å². The first-order chi connectivity index (χ1) is 12.5. The molecule has 0 spiro atoms. The standard InChI is InChI=1S/C19H15ClN4OS/c1-10-11(2)26-18-15(10)19(25)24-8-6-12(17(24)22-18)9-13-16(20)21-14-5-3-4-7-23(13)14/h3-5,7,9H,6,8H2,1-2H3/b12-9-. The lowest BCUT2D eigenvalue weighted by Gasteiger charge is -2.04. The minimum atomic E-state index is 0.0551. The van der Waals surface area contributed by atoms with Crippen molar-refractivity contribution in [3.8, 4) is 0 Å². The Morgan fingerprint density at radius 2 is 2.12 bits per heavy atom. The molecule has 0 N–H and O–H groups in total. The first-order valence-electron chi connectivity index (χ1n) is 8.38. The van der Waals surface area contributed by atoms with Crippen molar-refractivity contribution in [2.45, 2.75) is 26.8 Å². The van der Waals surface area contributed by atoms with Gasteiger partial charge >= 0.3 is 0 Å². The molecule has 1 aliphatic heterocycles. The minimum absolute atomic E-state index is 0.0551. The molecule has 4 aromatic rings. The van der Waals surface area contributed by atoms with Crippen molar-refractivity contribution in [3.05, 3.63) is 61.9 Å². The molecule has 5 heterocycles. The lowest BCUT2D eigenvalue weighted by atomic mass is 10.2. The number of aromatic nitrogens is 4. The van der Waals surface area contributed by atoms with E-state index in [1.807, 2.05) is 48.7 Å². The van der Waals surface area contributed by atoms with Crippen molar-refractivity contribution >= 4 is 50.5 Å². The number of rotatable bonds is 1. The van der Waals surface area contributed by atoms with Crippen molar-refractivity contribution in [2.75, 3.05) is 0 Å². The number of pyridine rings is 1. The number of hydrogen-bond acceptors (Lipinski definition) is 4. The van der Waals surface area contributed by atoms with Crippen molar-refractivity contribution in [1.29, 1.82) is 0 Å². The fourth-order valence-corrected chi connectivity index (χ4v) is 4.79. The monoisotopic (exact) mass is 382 g/mol. The average molecular weight is 383 g/mol. The number of aryl methyl sites for hydroxylation is 2. The van der Waals surface area contributed by atoms with Gasteiger partial charge in [-0.25, -0.2) is 9.97 Å². The van der Waals surface area contributed by atoms with Gasteiger partial charge in [-0.3, -0.25) is 13.8 Å². The molecule has 130 valence electrons. The largest absolute Gasteiger partial charge is 0.299 e. The molecule has 26 heavy (non-hydrogen) atoms.